The van der Waals surface area contributed by atoms with Crippen LogP contribution in [0.3, 0.4) is 0 Å². The molecule has 3 aliphatic carbocycles. The lowest BCUT2D eigenvalue weighted by molar-refractivity contribution is -0.131. The van der Waals surface area contributed by atoms with Gasteiger partial charge in [0.25, 0.3) is 5.91 Å². The molecule has 1 amide bonds. The van der Waals surface area contributed by atoms with Gasteiger partial charge in [-0.15, -0.1) is 0 Å². The molecule has 2 aromatic carbocycles. The number of ether oxygens (including phenoxy) is 1. The molecule has 3 saturated carbocycles. The fourth-order valence-corrected chi connectivity index (χ4v) is 5.73. The number of fused-ring (bicyclic) bond motifs is 2. The molecule has 174 valence electrons. The molecule has 0 saturated heterocycles. The molecule has 2 atom stereocenters. The maximum Gasteiger partial charge on any atom is 0.261 e. The zero-order valence-corrected chi connectivity index (χ0v) is 18.7. The third kappa shape index (κ3) is 3.48. The predicted octanol–water partition coefficient (Wildman–Crippen LogP) is 4.73. The molecule has 34 heavy (non-hydrogen) atoms. The van der Waals surface area contributed by atoms with Crippen LogP contribution in [-0.2, 0) is 4.79 Å². The minimum Gasteiger partial charge on any atom is -0.479 e. The highest BCUT2D eigenvalue weighted by atomic mass is 35.5. The number of imidazole rings is 1. The van der Waals surface area contributed by atoms with E-state index in [4.69, 9.17) is 16.3 Å². The Hall–Kier alpha value is -3.26. The molecule has 1 N–H and O–H groups in total. The fourth-order valence-electron chi connectivity index (χ4n) is 5.56. The number of carbonyl (C=O) groups is 2. The van der Waals surface area contributed by atoms with Crippen molar-refractivity contribution < 1.29 is 23.1 Å². The van der Waals surface area contributed by atoms with Gasteiger partial charge in [-0.2, -0.15) is 0 Å². The summed E-state index contributed by atoms with van der Waals surface area (Å²) in [6.07, 6.45) is 5.01. The first-order chi connectivity index (χ1) is 16.3. The summed E-state index contributed by atoms with van der Waals surface area (Å²) in [6.45, 7) is 0. The van der Waals surface area contributed by atoms with E-state index in [1.807, 2.05) is 10.8 Å². The van der Waals surface area contributed by atoms with Gasteiger partial charge in [0.05, 0.1) is 24.0 Å². The number of nitrogens with zero attached hydrogens (tertiary/aromatic N) is 2. The van der Waals surface area contributed by atoms with Gasteiger partial charge in [-0.1, -0.05) is 11.6 Å². The lowest BCUT2D eigenvalue weighted by atomic mass is 9.76. The van der Waals surface area contributed by atoms with E-state index in [-0.39, 0.29) is 29.7 Å². The lowest BCUT2D eigenvalue weighted by Crippen LogP contribution is -2.56. The van der Waals surface area contributed by atoms with Crippen LogP contribution in [0.2, 0.25) is 5.02 Å². The zero-order chi connectivity index (χ0) is 23.6. The molecule has 9 heteroatoms. The van der Waals surface area contributed by atoms with Gasteiger partial charge in [0.15, 0.2) is 23.5 Å². The van der Waals surface area contributed by atoms with E-state index < -0.39 is 17.7 Å². The number of rotatable bonds is 4. The molecule has 0 spiro atoms. The molecular weight excluding hydrogens is 464 g/mol. The van der Waals surface area contributed by atoms with Gasteiger partial charge in [0.1, 0.15) is 5.75 Å². The first-order valence-corrected chi connectivity index (χ1v) is 11.5. The molecule has 0 radical (unpaired) electrons. The molecule has 2 heterocycles. The van der Waals surface area contributed by atoms with E-state index in [9.17, 15) is 18.4 Å². The SMILES string of the molecule is O=C1C[C@H](C(=O)NC23CC(C2)C(n2cnc(-c4ccc(F)c(F)c4)c2)C3)Oc2ccc(Cl)cc21. The summed E-state index contributed by atoms with van der Waals surface area (Å²) in [5.74, 6) is -1.51. The van der Waals surface area contributed by atoms with Crippen molar-refractivity contribution in [2.24, 2.45) is 5.92 Å². The van der Waals surface area contributed by atoms with Gasteiger partial charge in [-0.05, 0) is 61.6 Å². The van der Waals surface area contributed by atoms with Crippen LogP contribution >= 0.6 is 11.6 Å². The molecule has 7 rings (SSSR count). The van der Waals surface area contributed by atoms with E-state index in [0.29, 0.717) is 33.5 Å². The number of Topliss-reactive ketones (excluding diaryl/α,β-unsaturated/α-hetero) is 1. The Bertz CT molecular complexity index is 1330. The van der Waals surface area contributed by atoms with Crippen molar-refractivity contribution in [3.05, 3.63) is 71.1 Å². The van der Waals surface area contributed by atoms with E-state index in [1.165, 1.54) is 6.07 Å². The molecule has 6 nitrogen and oxygen atoms in total. The van der Waals surface area contributed by atoms with Crippen LogP contribution in [0.5, 0.6) is 5.75 Å². The van der Waals surface area contributed by atoms with E-state index in [2.05, 4.69) is 10.3 Å². The summed E-state index contributed by atoms with van der Waals surface area (Å²) in [5.41, 5.74) is 1.13. The Morgan fingerprint density at radius 2 is 1.97 bits per heavy atom. The molecule has 1 aliphatic heterocycles. The molecular formula is C25H20ClF2N3O3. The van der Waals surface area contributed by atoms with Crippen molar-refractivity contribution >= 4 is 23.3 Å². The number of amides is 1. The highest BCUT2D eigenvalue weighted by Gasteiger charge is 2.58. The highest BCUT2D eigenvalue weighted by Crippen LogP contribution is 2.57. The van der Waals surface area contributed by atoms with Gasteiger partial charge in [0.2, 0.25) is 0 Å². The summed E-state index contributed by atoms with van der Waals surface area (Å²) in [4.78, 5) is 29.9. The average Bonchev–Trinajstić information content (AvgIpc) is 3.49. The number of aromatic nitrogens is 2. The normalized spacial score (nSPS) is 27.0. The quantitative estimate of drug-likeness (QED) is 0.582. The third-order valence-electron chi connectivity index (χ3n) is 7.21. The van der Waals surface area contributed by atoms with Crippen molar-refractivity contribution in [1.29, 1.82) is 0 Å². The van der Waals surface area contributed by atoms with Crippen LogP contribution in [0.15, 0.2) is 48.9 Å². The number of hydrogen-bond acceptors (Lipinski definition) is 4. The summed E-state index contributed by atoms with van der Waals surface area (Å²) in [6, 6.07) is 8.67. The Kier molecular flexibility index (Phi) is 4.78. The van der Waals surface area contributed by atoms with Gasteiger partial charge in [-0.3, -0.25) is 9.59 Å². The molecule has 3 aromatic rings. The van der Waals surface area contributed by atoms with Gasteiger partial charge >= 0.3 is 0 Å². The minimum absolute atomic E-state index is 0.0266. The smallest absolute Gasteiger partial charge is 0.261 e. The molecule has 1 unspecified atom stereocenters. The van der Waals surface area contributed by atoms with Crippen LogP contribution in [0.25, 0.3) is 11.3 Å². The number of hydrogen-bond donors (Lipinski definition) is 1. The Morgan fingerprint density at radius 3 is 2.76 bits per heavy atom. The largest absolute Gasteiger partial charge is 0.479 e. The highest BCUT2D eigenvalue weighted by molar-refractivity contribution is 6.31. The van der Waals surface area contributed by atoms with Crippen LogP contribution < -0.4 is 10.1 Å². The second-order valence-electron chi connectivity index (χ2n) is 9.42. The van der Waals surface area contributed by atoms with Crippen molar-refractivity contribution in [1.82, 2.24) is 14.9 Å². The van der Waals surface area contributed by atoms with Crippen molar-refractivity contribution in [2.45, 2.75) is 43.4 Å². The second kappa shape index (κ2) is 7.63. The van der Waals surface area contributed by atoms with Crippen LogP contribution in [0, 0.1) is 17.6 Å². The van der Waals surface area contributed by atoms with Crippen LogP contribution in [0.4, 0.5) is 8.78 Å². The monoisotopic (exact) mass is 483 g/mol. The van der Waals surface area contributed by atoms with Gasteiger partial charge in [0, 0.05) is 28.4 Å². The van der Waals surface area contributed by atoms with Crippen LogP contribution in [-0.4, -0.2) is 32.9 Å². The maximum absolute atomic E-state index is 13.6. The predicted molar refractivity (Wildman–Crippen MR) is 120 cm³/mol. The molecule has 4 aliphatic rings. The first-order valence-electron chi connectivity index (χ1n) is 11.1. The van der Waals surface area contributed by atoms with Gasteiger partial charge in [-0.25, -0.2) is 13.8 Å². The number of nitrogens with one attached hydrogen (secondary N) is 1. The van der Waals surface area contributed by atoms with E-state index >= 15 is 0 Å². The second-order valence-corrected chi connectivity index (χ2v) is 9.86. The van der Waals surface area contributed by atoms with Crippen molar-refractivity contribution in [3.63, 3.8) is 0 Å². The average molecular weight is 484 g/mol. The summed E-state index contributed by atoms with van der Waals surface area (Å²) in [7, 11) is 0. The number of benzene rings is 2. The Labute approximate surface area is 198 Å². The number of ketones is 1. The number of carbonyl (C=O) groups excluding carboxylic acids is 2. The molecule has 1 aromatic heterocycles. The van der Waals surface area contributed by atoms with E-state index in [0.717, 1.165) is 31.4 Å². The molecule has 3 fully saturated rings. The third-order valence-corrected chi connectivity index (χ3v) is 7.45. The first kappa shape index (κ1) is 21.3. The lowest BCUT2D eigenvalue weighted by Gasteiger charge is -2.40. The number of halogens is 3. The van der Waals surface area contributed by atoms with Gasteiger partial charge < -0.3 is 14.6 Å². The molecule has 2 bridgehead atoms. The maximum atomic E-state index is 13.6. The minimum atomic E-state index is -0.911. The summed E-state index contributed by atoms with van der Waals surface area (Å²) >= 11 is 5.97. The topological polar surface area (TPSA) is 73.2 Å². The van der Waals surface area contributed by atoms with Crippen molar-refractivity contribution in [3.8, 4) is 17.0 Å². The Balaban J connectivity index is 1.14. The summed E-state index contributed by atoms with van der Waals surface area (Å²) < 4.78 is 34.6. The van der Waals surface area contributed by atoms with Crippen LogP contribution in [0.1, 0.15) is 42.1 Å². The standard InChI is InChI=1S/C25H20ClF2N3O3/c26-15-2-4-22-16(6-15)21(32)7-23(34-22)24(33)30-25-8-14(9-25)20(10-25)31-11-19(29-12-31)13-1-3-17(27)18(28)5-13/h1-6,11-12,14,20,23H,7-10H2,(H,30,33)/t14?,20?,23-,25?/m1/s1. The Morgan fingerprint density at radius 1 is 1.15 bits per heavy atom. The summed E-state index contributed by atoms with van der Waals surface area (Å²) in [5, 5.41) is 3.58. The van der Waals surface area contributed by atoms with Crippen molar-refractivity contribution in [2.75, 3.05) is 0 Å². The zero-order valence-electron chi connectivity index (χ0n) is 17.9. The fraction of sp³-hybridized carbons (Fsp3) is 0.320. The van der Waals surface area contributed by atoms with E-state index in [1.54, 1.807) is 24.5 Å².